The van der Waals surface area contributed by atoms with Gasteiger partial charge in [0.2, 0.25) is 0 Å². The fraction of sp³-hybridized carbons (Fsp3) is 0.846. The van der Waals surface area contributed by atoms with Crippen LogP contribution in [0.1, 0.15) is 291 Å². The lowest BCUT2D eigenvalue weighted by Crippen LogP contribution is -2.16. The topological polar surface area (TPSA) is 110 Å². The first-order valence-electron chi connectivity index (χ1n) is 25.8. The Bertz CT molecular complexity index is 1100. The second kappa shape index (κ2) is 41.3. The Balaban J connectivity index is 2.09. The molecule has 0 heterocycles. The SMILES string of the molecule is CCCCCCCCCCCCCCCCCCCCCCOC(=O)c1cc(C(=O)OCCCCCCCCCCCCCCCCCCCCCC)cc(P(=O)(O)O)c1. The normalized spacial score (nSPS) is 11.7. The van der Waals surface area contributed by atoms with E-state index in [0.29, 0.717) is 0 Å². The van der Waals surface area contributed by atoms with Gasteiger partial charge in [-0.15, -0.1) is 0 Å². The molecule has 0 bridgehead atoms. The van der Waals surface area contributed by atoms with E-state index in [1.54, 1.807) is 0 Å². The van der Waals surface area contributed by atoms with Gasteiger partial charge in [0.25, 0.3) is 0 Å². The Labute approximate surface area is 370 Å². The second-order valence-electron chi connectivity index (χ2n) is 18.0. The third kappa shape index (κ3) is 34.8. The Hall–Kier alpha value is -1.69. The predicted molar refractivity (Wildman–Crippen MR) is 255 cm³/mol. The van der Waals surface area contributed by atoms with Crippen molar-refractivity contribution in [3.63, 3.8) is 0 Å². The first-order chi connectivity index (χ1) is 29.3. The van der Waals surface area contributed by atoms with Gasteiger partial charge in [-0.2, -0.15) is 0 Å². The zero-order valence-electron chi connectivity index (χ0n) is 39.3. The van der Waals surface area contributed by atoms with Crippen LogP contribution in [0.3, 0.4) is 0 Å². The number of benzene rings is 1. The van der Waals surface area contributed by atoms with E-state index in [-0.39, 0.29) is 29.6 Å². The molecule has 350 valence electrons. The van der Waals surface area contributed by atoms with Crippen molar-refractivity contribution in [3.05, 3.63) is 29.3 Å². The van der Waals surface area contributed by atoms with Crippen molar-refractivity contribution in [2.45, 2.75) is 271 Å². The fourth-order valence-corrected chi connectivity index (χ4v) is 8.84. The highest BCUT2D eigenvalue weighted by Crippen LogP contribution is 2.34. The molecular weight excluding hydrogens is 768 g/mol. The van der Waals surface area contributed by atoms with Crippen LogP contribution < -0.4 is 5.30 Å². The molecule has 0 aliphatic heterocycles. The Morgan fingerprint density at radius 1 is 0.367 bits per heavy atom. The van der Waals surface area contributed by atoms with Crippen LogP contribution in [-0.4, -0.2) is 34.9 Å². The summed E-state index contributed by atoms with van der Waals surface area (Å²) in [5, 5.41) is -0.387. The molecule has 60 heavy (non-hydrogen) atoms. The van der Waals surface area contributed by atoms with Gasteiger partial charge < -0.3 is 19.3 Å². The molecule has 8 heteroatoms. The number of carbonyl (C=O) groups is 2. The first kappa shape index (κ1) is 56.3. The summed E-state index contributed by atoms with van der Waals surface area (Å²) in [7, 11) is -4.70. The molecule has 0 spiro atoms. The quantitative estimate of drug-likeness (QED) is 0.0382. The van der Waals surface area contributed by atoms with Crippen LogP contribution in [0.15, 0.2) is 18.2 Å². The van der Waals surface area contributed by atoms with Gasteiger partial charge in [-0.3, -0.25) is 4.57 Å². The standard InChI is InChI=1S/C52H95O7P/c1-3-5-7-9-11-13-15-17-19-21-23-25-27-29-31-33-35-37-39-41-43-58-51(53)48-45-49(47-50(46-48)60(55,56)57)52(54)59-44-42-40-38-36-34-32-30-28-26-24-22-20-18-16-14-12-10-8-6-4-2/h45-47H,3-44H2,1-2H3,(H2,55,56,57). The van der Waals surface area contributed by atoms with Crippen molar-refractivity contribution in [3.8, 4) is 0 Å². The van der Waals surface area contributed by atoms with Crippen molar-refractivity contribution < 1.29 is 33.4 Å². The minimum Gasteiger partial charge on any atom is -0.462 e. The molecule has 7 nitrogen and oxygen atoms in total. The fourth-order valence-electron chi connectivity index (χ4n) is 8.23. The summed E-state index contributed by atoms with van der Waals surface area (Å²) < 4.78 is 22.9. The average Bonchev–Trinajstić information content (AvgIpc) is 3.24. The largest absolute Gasteiger partial charge is 0.462 e. The van der Waals surface area contributed by atoms with Crippen LogP contribution >= 0.6 is 7.60 Å². The summed E-state index contributed by atoms with van der Waals surface area (Å²) in [4.78, 5) is 45.3. The summed E-state index contributed by atoms with van der Waals surface area (Å²) in [6.45, 7) is 5.02. The maximum absolute atomic E-state index is 12.8. The molecule has 0 atom stereocenters. The van der Waals surface area contributed by atoms with Gasteiger partial charge in [-0.25, -0.2) is 9.59 Å². The molecular formula is C52H95O7P. The Morgan fingerprint density at radius 2 is 0.567 bits per heavy atom. The van der Waals surface area contributed by atoms with E-state index in [2.05, 4.69) is 13.8 Å². The highest BCUT2D eigenvalue weighted by atomic mass is 31.2. The van der Waals surface area contributed by atoms with Gasteiger partial charge in [0.1, 0.15) is 0 Å². The monoisotopic (exact) mass is 863 g/mol. The van der Waals surface area contributed by atoms with Gasteiger partial charge in [-0.1, -0.05) is 258 Å². The van der Waals surface area contributed by atoms with E-state index < -0.39 is 19.5 Å². The van der Waals surface area contributed by atoms with Gasteiger partial charge in [0.15, 0.2) is 0 Å². The van der Waals surface area contributed by atoms with E-state index in [1.165, 1.54) is 224 Å². The lowest BCUT2D eigenvalue weighted by molar-refractivity contribution is 0.0496. The molecule has 1 aromatic carbocycles. The van der Waals surface area contributed by atoms with Gasteiger partial charge >= 0.3 is 19.5 Å². The van der Waals surface area contributed by atoms with Crippen molar-refractivity contribution in [2.24, 2.45) is 0 Å². The average molecular weight is 863 g/mol. The molecule has 0 unspecified atom stereocenters. The molecule has 0 fully saturated rings. The summed E-state index contributed by atoms with van der Waals surface area (Å²) in [5.74, 6) is -1.38. The third-order valence-corrected chi connectivity index (χ3v) is 13.1. The Kier molecular flexibility index (Phi) is 38.8. The molecule has 0 aromatic heterocycles. The van der Waals surface area contributed by atoms with Crippen LogP contribution in [0.2, 0.25) is 0 Å². The number of esters is 2. The van der Waals surface area contributed by atoms with Crippen molar-refractivity contribution in [2.75, 3.05) is 13.2 Å². The molecule has 0 radical (unpaired) electrons. The van der Waals surface area contributed by atoms with Gasteiger partial charge in [-0.05, 0) is 31.0 Å². The lowest BCUT2D eigenvalue weighted by atomic mass is 10.0. The van der Waals surface area contributed by atoms with E-state index in [9.17, 15) is 23.9 Å². The van der Waals surface area contributed by atoms with E-state index in [4.69, 9.17) is 9.47 Å². The zero-order chi connectivity index (χ0) is 43.6. The highest BCUT2D eigenvalue weighted by Gasteiger charge is 2.23. The second-order valence-corrected chi connectivity index (χ2v) is 19.6. The number of carbonyl (C=O) groups excluding carboxylic acids is 2. The summed E-state index contributed by atoms with van der Waals surface area (Å²) in [5.41, 5.74) is -0.0931. The summed E-state index contributed by atoms with van der Waals surface area (Å²) >= 11 is 0. The molecule has 1 aromatic rings. The van der Waals surface area contributed by atoms with E-state index in [0.717, 1.165) is 50.7 Å². The number of hydrogen-bond donors (Lipinski definition) is 2. The third-order valence-electron chi connectivity index (χ3n) is 12.2. The number of unbranched alkanes of at least 4 members (excludes halogenated alkanes) is 38. The summed E-state index contributed by atoms with van der Waals surface area (Å²) in [6, 6.07) is 3.56. The molecule has 0 saturated heterocycles. The number of hydrogen-bond acceptors (Lipinski definition) is 5. The van der Waals surface area contributed by atoms with Crippen molar-refractivity contribution in [1.29, 1.82) is 0 Å². The van der Waals surface area contributed by atoms with E-state index >= 15 is 0 Å². The minimum atomic E-state index is -4.70. The summed E-state index contributed by atoms with van der Waals surface area (Å²) in [6.07, 6.45) is 51.9. The molecule has 0 aliphatic carbocycles. The van der Waals surface area contributed by atoms with Crippen LogP contribution in [0.5, 0.6) is 0 Å². The number of ether oxygens (including phenoxy) is 2. The smallest absolute Gasteiger partial charge is 0.356 e. The Morgan fingerprint density at radius 3 is 0.767 bits per heavy atom. The van der Waals surface area contributed by atoms with Crippen LogP contribution in [0.4, 0.5) is 0 Å². The molecule has 0 amide bonds. The van der Waals surface area contributed by atoms with Crippen molar-refractivity contribution >= 4 is 24.8 Å². The lowest BCUT2D eigenvalue weighted by Gasteiger charge is -2.11. The maximum atomic E-state index is 12.8. The van der Waals surface area contributed by atoms with Gasteiger partial charge in [0, 0.05) is 0 Å². The minimum absolute atomic E-state index is 0.0465. The molecule has 0 aliphatic rings. The molecule has 0 saturated carbocycles. The highest BCUT2D eigenvalue weighted by molar-refractivity contribution is 7.60. The van der Waals surface area contributed by atoms with Crippen molar-refractivity contribution in [1.82, 2.24) is 0 Å². The van der Waals surface area contributed by atoms with Crippen LogP contribution in [0.25, 0.3) is 0 Å². The molecule has 2 N–H and O–H groups in total. The number of rotatable bonds is 45. The molecule has 1 rings (SSSR count). The van der Waals surface area contributed by atoms with E-state index in [1.807, 2.05) is 0 Å². The zero-order valence-corrected chi connectivity index (χ0v) is 40.2. The first-order valence-corrected chi connectivity index (χ1v) is 27.5. The van der Waals surface area contributed by atoms with Crippen LogP contribution in [0, 0.1) is 0 Å². The predicted octanol–water partition coefficient (Wildman–Crippen LogP) is 16.4. The maximum Gasteiger partial charge on any atom is 0.356 e. The van der Waals surface area contributed by atoms with Crippen LogP contribution in [-0.2, 0) is 14.0 Å². The van der Waals surface area contributed by atoms with Gasteiger partial charge in [0.05, 0.1) is 29.6 Å².